The molecule has 19 heavy (non-hydrogen) atoms. The molecule has 2 unspecified atom stereocenters. The fourth-order valence-electron chi connectivity index (χ4n) is 3.70. The standard InChI is InChI=1S/C16H25N3/c1-18-9-10-19(16-8-3-2-7-15(16)18)12-14-6-4-5-13(14)11-17/h2-3,7-8,13-14H,4-6,9-12,17H2,1H3. The van der Waals surface area contributed by atoms with Crippen LogP contribution in [0.15, 0.2) is 24.3 Å². The lowest BCUT2D eigenvalue weighted by molar-refractivity contribution is 0.393. The molecule has 1 fully saturated rings. The Hall–Kier alpha value is -1.22. The van der Waals surface area contributed by atoms with Gasteiger partial charge in [-0.05, 0) is 43.4 Å². The number of rotatable bonds is 3. The van der Waals surface area contributed by atoms with Crippen LogP contribution in [0, 0.1) is 11.8 Å². The lowest BCUT2D eigenvalue weighted by Gasteiger charge is -2.39. The van der Waals surface area contributed by atoms with Crippen molar-refractivity contribution >= 4 is 11.4 Å². The van der Waals surface area contributed by atoms with Gasteiger partial charge in [0.05, 0.1) is 11.4 Å². The van der Waals surface area contributed by atoms with Crippen LogP contribution in [-0.2, 0) is 0 Å². The van der Waals surface area contributed by atoms with Crippen LogP contribution in [0.2, 0.25) is 0 Å². The first-order valence-electron chi connectivity index (χ1n) is 7.55. The summed E-state index contributed by atoms with van der Waals surface area (Å²) in [5.74, 6) is 1.54. The predicted octanol–water partition coefficient (Wildman–Crippen LogP) is 2.32. The lowest BCUT2D eigenvalue weighted by atomic mass is 9.95. The molecular weight excluding hydrogens is 234 g/mol. The molecule has 1 heterocycles. The molecule has 2 atom stereocenters. The van der Waals surface area contributed by atoms with E-state index in [4.69, 9.17) is 5.73 Å². The molecular formula is C16H25N3. The Morgan fingerprint density at radius 1 is 1.11 bits per heavy atom. The van der Waals surface area contributed by atoms with Gasteiger partial charge < -0.3 is 15.5 Å². The van der Waals surface area contributed by atoms with Gasteiger partial charge in [-0.15, -0.1) is 0 Å². The third-order valence-corrected chi connectivity index (χ3v) is 4.91. The largest absolute Gasteiger partial charge is 0.371 e. The highest BCUT2D eigenvalue weighted by atomic mass is 15.2. The molecule has 0 radical (unpaired) electrons. The van der Waals surface area contributed by atoms with Gasteiger partial charge in [-0.25, -0.2) is 0 Å². The van der Waals surface area contributed by atoms with Crippen molar-refractivity contribution in [3.05, 3.63) is 24.3 Å². The summed E-state index contributed by atoms with van der Waals surface area (Å²) in [4.78, 5) is 4.94. The number of benzene rings is 1. The molecule has 1 aromatic carbocycles. The highest BCUT2D eigenvalue weighted by Gasteiger charge is 2.29. The molecule has 104 valence electrons. The zero-order chi connectivity index (χ0) is 13.2. The van der Waals surface area contributed by atoms with Gasteiger partial charge in [0.25, 0.3) is 0 Å². The monoisotopic (exact) mass is 259 g/mol. The molecule has 2 aliphatic rings. The number of nitrogens with zero attached hydrogens (tertiary/aromatic N) is 2. The van der Waals surface area contributed by atoms with Gasteiger partial charge in [0.2, 0.25) is 0 Å². The van der Waals surface area contributed by atoms with Gasteiger partial charge in [0, 0.05) is 26.7 Å². The number of para-hydroxylation sites is 2. The van der Waals surface area contributed by atoms with E-state index in [9.17, 15) is 0 Å². The summed E-state index contributed by atoms with van der Waals surface area (Å²) in [6.07, 6.45) is 4.05. The molecule has 3 rings (SSSR count). The first-order valence-corrected chi connectivity index (χ1v) is 7.55. The smallest absolute Gasteiger partial charge is 0.0604 e. The van der Waals surface area contributed by atoms with Crippen molar-refractivity contribution in [3.8, 4) is 0 Å². The molecule has 1 aromatic rings. The summed E-state index contributed by atoms with van der Waals surface area (Å²) in [6, 6.07) is 8.78. The van der Waals surface area contributed by atoms with Crippen LogP contribution in [0.3, 0.4) is 0 Å². The van der Waals surface area contributed by atoms with Crippen molar-refractivity contribution in [1.29, 1.82) is 0 Å². The van der Waals surface area contributed by atoms with Gasteiger partial charge in [-0.1, -0.05) is 18.6 Å². The topological polar surface area (TPSA) is 32.5 Å². The van der Waals surface area contributed by atoms with Crippen LogP contribution in [0.5, 0.6) is 0 Å². The van der Waals surface area contributed by atoms with Crippen molar-refractivity contribution in [1.82, 2.24) is 0 Å². The minimum absolute atomic E-state index is 0.742. The Morgan fingerprint density at radius 3 is 2.63 bits per heavy atom. The Labute approximate surface area is 116 Å². The molecule has 3 nitrogen and oxygen atoms in total. The van der Waals surface area contributed by atoms with E-state index in [1.807, 2.05) is 0 Å². The molecule has 2 N–H and O–H groups in total. The van der Waals surface area contributed by atoms with E-state index in [-0.39, 0.29) is 0 Å². The second-order valence-electron chi connectivity index (χ2n) is 6.04. The highest BCUT2D eigenvalue weighted by molar-refractivity contribution is 5.73. The van der Waals surface area contributed by atoms with Crippen molar-refractivity contribution in [2.45, 2.75) is 19.3 Å². The van der Waals surface area contributed by atoms with Crippen molar-refractivity contribution in [2.75, 3.05) is 43.0 Å². The van der Waals surface area contributed by atoms with Crippen molar-refractivity contribution in [3.63, 3.8) is 0 Å². The van der Waals surface area contributed by atoms with Gasteiger partial charge >= 0.3 is 0 Å². The fraction of sp³-hybridized carbons (Fsp3) is 0.625. The normalized spacial score (nSPS) is 26.6. The maximum atomic E-state index is 5.92. The molecule has 0 spiro atoms. The SMILES string of the molecule is CN1CCN(CC2CCCC2CN)c2ccccc21. The second kappa shape index (κ2) is 5.41. The zero-order valence-corrected chi connectivity index (χ0v) is 11.9. The van der Waals surface area contributed by atoms with Crippen LogP contribution in [0.1, 0.15) is 19.3 Å². The number of hydrogen-bond donors (Lipinski definition) is 1. The summed E-state index contributed by atoms with van der Waals surface area (Å²) in [6.45, 7) is 4.31. The lowest BCUT2D eigenvalue weighted by Crippen LogP contribution is -2.42. The van der Waals surface area contributed by atoms with Crippen molar-refractivity contribution in [2.24, 2.45) is 17.6 Å². The maximum Gasteiger partial charge on any atom is 0.0604 e. The Kier molecular flexibility index (Phi) is 3.65. The minimum atomic E-state index is 0.742. The zero-order valence-electron chi connectivity index (χ0n) is 11.9. The van der Waals surface area contributed by atoms with Crippen LogP contribution >= 0.6 is 0 Å². The maximum absolute atomic E-state index is 5.92. The molecule has 0 amide bonds. The van der Waals surface area contributed by atoms with E-state index in [1.54, 1.807) is 0 Å². The summed E-state index contributed by atoms with van der Waals surface area (Å²) >= 11 is 0. The first-order chi connectivity index (χ1) is 9.29. The number of hydrogen-bond acceptors (Lipinski definition) is 3. The molecule has 1 saturated carbocycles. The van der Waals surface area contributed by atoms with E-state index < -0.39 is 0 Å². The van der Waals surface area contributed by atoms with E-state index >= 15 is 0 Å². The number of nitrogens with two attached hydrogens (primary N) is 1. The molecule has 1 aliphatic heterocycles. The van der Waals surface area contributed by atoms with Gasteiger partial charge in [0.15, 0.2) is 0 Å². The van der Waals surface area contributed by atoms with Crippen LogP contribution in [0.25, 0.3) is 0 Å². The Balaban J connectivity index is 1.77. The highest BCUT2D eigenvalue weighted by Crippen LogP contribution is 2.36. The van der Waals surface area contributed by atoms with Crippen LogP contribution in [-0.4, -0.2) is 33.2 Å². The number of likely N-dealkylation sites (N-methyl/N-ethyl adjacent to an activating group) is 1. The average molecular weight is 259 g/mol. The molecule has 0 aromatic heterocycles. The van der Waals surface area contributed by atoms with Gasteiger partial charge in [0.1, 0.15) is 0 Å². The summed E-state index contributed by atoms with van der Waals surface area (Å²) in [5, 5.41) is 0. The minimum Gasteiger partial charge on any atom is -0.371 e. The van der Waals surface area contributed by atoms with Gasteiger partial charge in [-0.2, -0.15) is 0 Å². The molecule has 0 bridgehead atoms. The average Bonchev–Trinajstić information content (AvgIpc) is 2.89. The Bertz CT molecular complexity index is 432. The van der Waals surface area contributed by atoms with Gasteiger partial charge in [-0.3, -0.25) is 0 Å². The van der Waals surface area contributed by atoms with E-state index in [1.165, 1.54) is 37.2 Å². The predicted molar refractivity (Wildman–Crippen MR) is 81.8 cm³/mol. The molecule has 0 saturated heterocycles. The second-order valence-corrected chi connectivity index (χ2v) is 6.04. The third-order valence-electron chi connectivity index (χ3n) is 4.91. The number of fused-ring (bicyclic) bond motifs is 1. The quantitative estimate of drug-likeness (QED) is 0.904. The Morgan fingerprint density at radius 2 is 1.84 bits per heavy atom. The summed E-state index contributed by atoms with van der Waals surface area (Å²) in [5.41, 5.74) is 8.69. The van der Waals surface area contributed by atoms with E-state index in [0.717, 1.165) is 31.5 Å². The molecule has 3 heteroatoms. The van der Waals surface area contributed by atoms with E-state index in [2.05, 4.69) is 41.1 Å². The fourth-order valence-corrected chi connectivity index (χ4v) is 3.70. The van der Waals surface area contributed by atoms with Crippen LogP contribution in [0.4, 0.5) is 11.4 Å². The number of anilines is 2. The molecule has 1 aliphatic carbocycles. The van der Waals surface area contributed by atoms with E-state index in [0.29, 0.717) is 0 Å². The van der Waals surface area contributed by atoms with Crippen LogP contribution < -0.4 is 15.5 Å². The van der Waals surface area contributed by atoms with Crippen molar-refractivity contribution < 1.29 is 0 Å². The first kappa shape index (κ1) is 12.8. The summed E-state index contributed by atoms with van der Waals surface area (Å²) < 4.78 is 0. The third kappa shape index (κ3) is 2.44. The summed E-state index contributed by atoms with van der Waals surface area (Å²) in [7, 11) is 2.19.